The van der Waals surface area contributed by atoms with Gasteiger partial charge in [-0.15, -0.1) is 0 Å². The van der Waals surface area contributed by atoms with E-state index < -0.39 is 10.0 Å². The summed E-state index contributed by atoms with van der Waals surface area (Å²) in [5.74, 6) is 0.743. The Bertz CT molecular complexity index is 456. The zero-order valence-electron chi connectivity index (χ0n) is 10.2. The number of aliphatic hydroxyl groups excluding tert-OH is 1. The molecule has 0 radical (unpaired) electrons. The number of H-pyrrole nitrogens is 1. The fraction of sp³-hybridized carbons (Fsp3) is 0.600. The van der Waals surface area contributed by atoms with Gasteiger partial charge in [0.1, 0.15) is 0 Å². The predicted octanol–water partition coefficient (Wildman–Crippen LogP) is 0.879. The minimum Gasteiger partial charge on any atom is -0.390 e. The molecule has 0 aromatic carbocycles. The fourth-order valence-corrected chi connectivity index (χ4v) is 3.59. The molecule has 7 heteroatoms. The van der Waals surface area contributed by atoms with Gasteiger partial charge < -0.3 is 10.1 Å². The third-order valence-electron chi connectivity index (χ3n) is 2.59. The van der Waals surface area contributed by atoms with Crippen molar-refractivity contribution in [2.45, 2.75) is 24.5 Å². The summed E-state index contributed by atoms with van der Waals surface area (Å²) in [4.78, 5) is 2.92. The first-order valence-corrected chi connectivity index (χ1v) is 8.02. The molecule has 1 aromatic heterocycles. The topological polar surface area (TPSA) is 73.4 Å². The molecule has 0 bridgehead atoms. The van der Waals surface area contributed by atoms with Crippen LogP contribution in [0.1, 0.15) is 12.6 Å². The number of hydrogen-bond donors (Lipinski definition) is 2. The molecule has 17 heavy (non-hydrogen) atoms. The molecule has 2 N–H and O–H groups in total. The van der Waals surface area contributed by atoms with Crippen LogP contribution < -0.4 is 0 Å². The molecule has 1 aromatic rings. The van der Waals surface area contributed by atoms with E-state index in [2.05, 4.69) is 4.98 Å². The lowest BCUT2D eigenvalue weighted by molar-refractivity contribution is 0.277. The lowest BCUT2D eigenvalue weighted by atomic mass is 10.4. The lowest BCUT2D eigenvalue weighted by Crippen LogP contribution is -2.36. The van der Waals surface area contributed by atoms with Gasteiger partial charge in [-0.3, -0.25) is 0 Å². The molecule has 0 amide bonds. The molecule has 1 atom stereocenters. The maximum Gasteiger partial charge on any atom is 0.244 e. The van der Waals surface area contributed by atoms with E-state index in [0.717, 1.165) is 5.75 Å². The average Bonchev–Trinajstić information content (AvgIpc) is 2.77. The number of rotatable bonds is 6. The van der Waals surface area contributed by atoms with Gasteiger partial charge in [-0.05, 0) is 19.2 Å². The van der Waals surface area contributed by atoms with Crippen LogP contribution in [-0.2, 0) is 16.6 Å². The lowest BCUT2D eigenvalue weighted by Gasteiger charge is -2.22. The number of aromatic nitrogens is 1. The van der Waals surface area contributed by atoms with Gasteiger partial charge in [0, 0.05) is 30.7 Å². The number of sulfonamides is 1. The minimum absolute atomic E-state index is 0.0672. The van der Waals surface area contributed by atoms with Crippen molar-refractivity contribution in [1.82, 2.24) is 9.29 Å². The van der Waals surface area contributed by atoms with Gasteiger partial charge in [0.15, 0.2) is 0 Å². The van der Waals surface area contributed by atoms with Gasteiger partial charge in [0.05, 0.1) is 11.5 Å². The monoisotopic (exact) mass is 278 g/mol. The Hall–Kier alpha value is -0.500. The molecular formula is C10H18N2O3S2. The van der Waals surface area contributed by atoms with E-state index in [-0.39, 0.29) is 17.5 Å². The van der Waals surface area contributed by atoms with E-state index in [0.29, 0.717) is 5.69 Å². The molecule has 1 unspecified atom stereocenters. The van der Waals surface area contributed by atoms with Crippen molar-refractivity contribution in [3.8, 4) is 0 Å². The number of nitrogens with one attached hydrogen (secondary N) is 1. The van der Waals surface area contributed by atoms with Crippen molar-refractivity contribution in [3.63, 3.8) is 0 Å². The zero-order chi connectivity index (χ0) is 13.1. The molecule has 0 aliphatic carbocycles. The van der Waals surface area contributed by atoms with Crippen molar-refractivity contribution in [2.75, 3.05) is 19.1 Å². The van der Waals surface area contributed by atoms with E-state index in [1.54, 1.807) is 18.8 Å². The number of aromatic amines is 1. The first-order chi connectivity index (χ1) is 7.93. The number of nitrogens with zero attached hydrogens (tertiary/aromatic N) is 1. The Morgan fingerprint density at radius 2 is 2.24 bits per heavy atom. The summed E-state index contributed by atoms with van der Waals surface area (Å²) < 4.78 is 25.7. The van der Waals surface area contributed by atoms with E-state index in [4.69, 9.17) is 5.11 Å². The maximum atomic E-state index is 12.2. The highest BCUT2D eigenvalue weighted by molar-refractivity contribution is 7.98. The van der Waals surface area contributed by atoms with E-state index in [9.17, 15) is 8.42 Å². The quantitative estimate of drug-likeness (QED) is 0.810. The fourth-order valence-electron chi connectivity index (χ4n) is 1.41. The highest BCUT2D eigenvalue weighted by atomic mass is 32.2. The Morgan fingerprint density at radius 1 is 1.59 bits per heavy atom. The normalized spacial score (nSPS) is 14.2. The van der Waals surface area contributed by atoms with Gasteiger partial charge >= 0.3 is 0 Å². The molecule has 1 rings (SSSR count). The van der Waals surface area contributed by atoms with Crippen LogP contribution in [0.3, 0.4) is 0 Å². The number of hydrogen-bond acceptors (Lipinski definition) is 4. The molecule has 0 spiro atoms. The van der Waals surface area contributed by atoms with Crippen LogP contribution in [0.5, 0.6) is 0 Å². The van der Waals surface area contributed by atoms with Gasteiger partial charge in [-0.1, -0.05) is 0 Å². The van der Waals surface area contributed by atoms with Crippen molar-refractivity contribution < 1.29 is 13.5 Å². The second-order valence-corrected chi connectivity index (χ2v) is 6.75. The molecule has 0 saturated carbocycles. The summed E-state index contributed by atoms with van der Waals surface area (Å²) in [6, 6.07) is 1.39. The summed E-state index contributed by atoms with van der Waals surface area (Å²) in [7, 11) is -1.90. The highest BCUT2D eigenvalue weighted by Gasteiger charge is 2.25. The van der Waals surface area contributed by atoms with Crippen LogP contribution in [0.4, 0.5) is 0 Å². The van der Waals surface area contributed by atoms with Crippen LogP contribution in [-0.4, -0.2) is 47.9 Å². The molecule has 0 fully saturated rings. The second kappa shape index (κ2) is 5.90. The first kappa shape index (κ1) is 14.6. The van der Waals surface area contributed by atoms with Crippen molar-refractivity contribution in [1.29, 1.82) is 0 Å². The summed E-state index contributed by atoms with van der Waals surface area (Å²) >= 11 is 1.61. The Labute approximate surface area is 106 Å². The number of aliphatic hydroxyl groups is 1. The van der Waals surface area contributed by atoms with Gasteiger partial charge in [0.25, 0.3) is 0 Å². The van der Waals surface area contributed by atoms with Crippen molar-refractivity contribution >= 4 is 21.8 Å². The third kappa shape index (κ3) is 3.25. The Kier molecular flexibility index (Phi) is 5.05. The maximum absolute atomic E-state index is 12.2. The molecule has 0 saturated heterocycles. The van der Waals surface area contributed by atoms with Crippen LogP contribution in [0.2, 0.25) is 0 Å². The average molecular weight is 278 g/mol. The predicted molar refractivity (Wildman–Crippen MR) is 69.5 cm³/mol. The second-order valence-electron chi connectivity index (χ2n) is 3.84. The molecule has 0 aliphatic heterocycles. The first-order valence-electron chi connectivity index (χ1n) is 5.18. The summed E-state index contributed by atoms with van der Waals surface area (Å²) in [6.45, 7) is 1.67. The van der Waals surface area contributed by atoms with E-state index in [1.807, 2.05) is 13.2 Å². The van der Waals surface area contributed by atoms with Gasteiger partial charge in [-0.2, -0.15) is 16.1 Å². The Morgan fingerprint density at radius 3 is 2.71 bits per heavy atom. The van der Waals surface area contributed by atoms with E-state index >= 15 is 0 Å². The summed E-state index contributed by atoms with van der Waals surface area (Å²) in [6.07, 6.45) is 3.35. The Balaban J connectivity index is 2.94. The zero-order valence-corrected chi connectivity index (χ0v) is 11.8. The minimum atomic E-state index is -3.47. The molecular weight excluding hydrogens is 260 g/mol. The van der Waals surface area contributed by atoms with Crippen LogP contribution in [0.15, 0.2) is 17.2 Å². The van der Waals surface area contributed by atoms with Crippen molar-refractivity contribution in [2.24, 2.45) is 0 Å². The standard InChI is InChI=1S/C10H18N2O3S2/c1-8(7-16-3)12(2)17(14,15)10-4-9(6-13)11-5-10/h4-5,8,11,13H,6-7H2,1-3H3. The van der Waals surface area contributed by atoms with Crippen LogP contribution >= 0.6 is 11.8 Å². The van der Waals surface area contributed by atoms with Gasteiger partial charge in [0.2, 0.25) is 10.0 Å². The molecule has 0 aliphatic rings. The summed E-state index contributed by atoms with van der Waals surface area (Å²) in [5.41, 5.74) is 0.495. The third-order valence-corrected chi connectivity index (χ3v) is 5.36. The largest absolute Gasteiger partial charge is 0.390 e. The van der Waals surface area contributed by atoms with Gasteiger partial charge in [-0.25, -0.2) is 8.42 Å². The SMILES string of the molecule is CSCC(C)N(C)S(=O)(=O)c1c[nH]c(CO)c1. The van der Waals surface area contributed by atoms with Crippen LogP contribution in [0.25, 0.3) is 0 Å². The van der Waals surface area contributed by atoms with Crippen molar-refractivity contribution in [3.05, 3.63) is 18.0 Å². The molecule has 1 heterocycles. The molecule has 98 valence electrons. The smallest absolute Gasteiger partial charge is 0.244 e. The van der Waals surface area contributed by atoms with E-state index in [1.165, 1.54) is 16.6 Å². The molecule has 5 nitrogen and oxygen atoms in total. The number of thioether (sulfide) groups is 1. The summed E-state index contributed by atoms with van der Waals surface area (Å²) in [5, 5.41) is 8.91. The highest BCUT2D eigenvalue weighted by Crippen LogP contribution is 2.18. The van der Waals surface area contributed by atoms with Crippen LogP contribution in [0, 0.1) is 0 Å².